The Hall–Kier alpha value is -1.97. The molecular weight excluding hydrogens is 176 g/mol. The molecule has 0 aliphatic carbocycles. The van der Waals surface area contributed by atoms with Gasteiger partial charge < -0.3 is 5.32 Å². The first-order chi connectivity index (χ1) is 6.95. The van der Waals surface area contributed by atoms with Crippen LogP contribution in [0.1, 0.15) is 5.69 Å². The van der Waals surface area contributed by atoms with E-state index in [0.29, 0.717) is 6.54 Å². The Balaban J connectivity index is 1.96. The molecule has 1 N–H and O–H groups in total. The van der Waals surface area contributed by atoms with Gasteiger partial charge in [0.1, 0.15) is 0 Å². The summed E-state index contributed by atoms with van der Waals surface area (Å²) in [4.78, 5) is 3.93. The van der Waals surface area contributed by atoms with Crippen LogP contribution in [0.25, 0.3) is 0 Å². The zero-order valence-corrected chi connectivity index (χ0v) is 7.59. The molecule has 0 saturated heterocycles. The molecule has 70 valence electrons. The van der Waals surface area contributed by atoms with Gasteiger partial charge >= 0.3 is 0 Å². The number of hydrogen-bond acceptors (Lipinski definition) is 4. The second kappa shape index (κ2) is 4.32. The Morgan fingerprint density at radius 1 is 1.07 bits per heavy atom. The maximum Gasteiger partial charge on any atom is 0.0821 e. The minimum atomic E-state index is 0.678. The Kier molecular flexibility index (Phi) is 2.66. The minimum absolute atomic E-state index is 0.678. The molecule has 0 bridgehead atoms. The number of hydrogen-bond donors (Lipinski definition) is 1. The lowest BCUT2D eigenvalue weighted by Crippen LogP contribution is -2.01. The van der Waals surface area contributed by atoms with Crippen LogP contribution in [0.2, 0.25) is 0 Å². The van der Waals surface area contributed by atoms with Gasteiger partial charge in [0.25, 0.3) is 0 Å². The first-order valence-electron chi connectivity index (χ1n) is 4.35. The van der Waals surface area contributed by atoms with E-state index in [1.54, 1.807) is 18.6 Å². The number of rotatable bonds is 3. The third kappa shape index (κ3) is 2.26. The highest BCUT2D eigenvalue weighted by molar-refractivity contribution is 5.40. The average Bonchev–Trinajstić information content (AvgIpc) is 2.29. The van der Waals surface area contributed by atoms with Gasteiger partial charge in [-0.25, -0.2) is 0 Å². The summed E-state index contributed by atoms with van der Waals surface area (Å²) in [5, 5.41) is 11.0. The van der Waals surface area contributed by atoms with Crippen LogP contribution >= 0.6 is 0 Å². The SMILES string of the molecule is c1cnnc(CNc2ccncc2)c1. The Labute approximate surface area is 82.0 Å². The van der Waals surface area contributed by atoms with Crippen LogP contribution in [0, 0.1) is 0 Å². The van der Waals surface area contributed by atoms with Crippen molar-refractivity contribution in [3.63, 3.8) is 0 Å². The van der Waals surface area contributed by atoms with E-state index in [2.05, 4.69) is 20.5 Å². The number of pyridine rings is 1. The molecule has 4 heteroatoms. The molecule has 0 unspecified atom stereocenters. The molecule has 14 heavy (non-hydrogen) atoms. The van der Waals surface area contributed by atoms with Crippen molar-refractivity contribution in [2.45, 2.75) is 6.54 Å². The van der Waals surface area contributed by atoms with Crippen LogP contribution in [0.3, 0.4) is 0 Å². The highest BCUT2D eigenvalue weighted by atomic mass is 15.1. The van der Waals surface area contributed by atoms with Crippen molar-refractivity contribution < 1.29 is 0 Å². The summed E-state index contributed by atoms with van der Waals surface area (Å²) in [6.07, 6.45) is 5.16. The fourth-order valence-electron chi connectivity index (χ4n) is 1.09. The fraction of sp³-hybridized carbons (Fsp3) is 0.100. The van der Waals surface area contributed by atoms with Crippen molar-refractivity contribution in [2.24, 2.45) is 0 Å². The van der Waals surface area contributed by atoms with Crippen molar-refractivity contribution in [1.29, 1.82) is 0 Å². The van der Waals surface area contributed by atoms with Gasteiger partial charge in [0.15, 0.2) is 0 Å². The number of anilines is 1. The second-order valence-electron chi connectivity index (χ2n) is 2.80. The van der Waals surface area contributed by atoms with Crippen molar-refractivity contribution in [2.75, 3.05) is 5.32 Å². The lowest BCUT2D eigenvalue weighted by atomic mass is 10.3. The lowest BCUT2D eigenvalue weighted by Gasteiger charge is -2.03. The van der Waals surface area contributed by atoms with E-state index in [1.165, 1.54) is 0 Å². The second-order valence-corrected chi connectivity index (χ2v) is 2.80. The zero-order valence-electron chi connectivity index (χ0n) is 7.59. The highest BCUT2D eigenvalue weighted by Gasteiger charge is 1.93. The molecule has 0 amide bonds. The van der Waals surface area contributed by atoms with Crippen molar-refractivity contribution in [1.82, 2.24) is 15.2 Å². The molecule has 0 fully saturated rings. The van der Waals surface area contributed by atoms with Gasteiger partial charge in [0.2, 0.25) is 0 Å². The van der Waals surface area contributed by atoms with Crippen LogP contribution in [-0.2, 0) is 6.54 Å². The molecule has 2 rings (SSSR count). The largest absolute Gasteiger partial charge is 0.379 e. The molecule has 0 saturated carbocycles. The number of aromatic nitrogens is 3. The summed E-state index contributed by atoms with van der Waals surface area (Å²) < 4.78 is 0. The van der Waals surface area contributed by atoms with Gasteiger partial charge in [-0.05, 0) is 24.3 Å². The van der Waals surface area contributed by atoms with Crippen LogP contribution in [0.5, 0.6) is 0 Å². The Morgan fingerprint density at radius 2 is 1.93 bits per heavy atom. The number of nitrogens with one attached hydrogen (secondary N) is 1. The highest BCUT2D eigenvalue weighted by Crippen LogP contribution is 2.04. The Morgan fingerprint density at radius 3 is 2.64 bits per heavy atom. The summed E-state index contributed by atoms with van der Waals surface area (Å²) >= 11 is 0. The van der Waals surface area contributed by atoms with Gasteiger partial charge in [-0.3, -0.25) is 4.98 Å². The molecule has 4 nitrogen and oxygen atoms in total. The quantitative estimate of drug-likeness (QED) is 0.788. The van der Waals surface area contributed by atoms with E-state index in [1.807, 2.05) is 24.3 Å². The standard InChI is InChI=1S/C10H10N4/c1-2-10(14-13-5-1)8-12-9-3-6-11-7-4-9/h1-7H,8H2,(H,11,12). The van der Waals surface area contributed by atoms with E-state index in [9.17, 15) is 0 Å². The lowest BCUT2D eigenvalue weighted by molar-refractivity contribution is 0.924. The van der Waals surface area contributed by atoms with E-state index >= 15 is 0 Å². The first-order valence-corrected chi connectivity index (χ1v) is 4.35. The van der Waals surface area contributed by atoms with Crippen molar-refractivity contribution in [3.05, 3.63) is 48.5 Å². The molecule has 2 heterocycles. The average molecular weight is 186 g/mol. The van der Waals surface area contributed by atoms with Gasteiger partial charge in [-0.1, -0.05) is 0 Å². The van der Waals surface area contributed by atoms with E-state index in [0.717, 1.165) is 11.4 Å². The molecule has 2 aromatic rings. The first kappa shape index (κ1) is 8.62. The van der Waals surface area contributed by atoms with Crippen LogP contribution < -0.4 is 5.32 Å². The molecule has 0 aromatic carbocycles. The zero-order chi connectivity index (χ0) is 9.64. The van der Waals surface area contributed by atoms with E-state index in [-0.39, 0.29) is 0 Å². The summed E-state index contributed by atoms with van der Waals surface area (Å²) in [6.45, 7) is 0.678. The van der Waals surface area contributed by atoms with Crippen LogP contribution in [0.4, 0.5) is 5.69 Å². The maximum absolute atomic E-state index is 3.97. The smallest absolute Gasteiger partial charge is 0.0821 e. The normalized spacial score (nSPS) is 9.71. The molecule has 0 atom stereocenters. The Bertz CT molecular complexity index is 334. The summed E-state index contributed by atoms with van der Waals surface area (Å²) in [6, 6.07) is 7.63. The fourth-order valence-corrected chi connectivity index (χ4v) is 1.09. The topological polar surface area (TPSA) is 50.7 Å². The molecule has 0 radical (unpaired) electrons. The third-order valence-electron chi connectivity index (χ3n) is 1.78. The minimum Gasteiger partial charge on any atom is -0.379 e. The molecular formula is C10H10N4. The summed E-state index contributed by atoms with van der Waals surface area (Å²) in [5.74, 6) is 0. The summed E-state index contributed by atoms with van der Waals surface area (Å²) in [7, 11) is 0. The predicted molar refractivity (Wildman–Crippen MR) is 53.6 cm³/mol. The molecule has 0 spiro atoms. The molecule has 0 aliphatic heterocycles. The van der Waals surface area contributed by atoms with Crippen LogP contribution in [-0.4, -0.2) is 15.2 Å². The van der Waals surface area contributed by atoms with Gasteiger partial charge in [0.05, 0.1) is 12.2 Å². The summed E-state index contributed by atoms with van der Waals surface area (Å²) in [5.41, 5.74) is 1.95. The van der Waals surface area contributed by atoms with E-state index in [4.69, 9.17) is 0 Å². The molecule has 0 aliphatic rings. The maximum atomic E-state index is 3.97. The van der Waals surface area contributed by atoms with Crippen molar-refractivity contribution >= 4 is 5.69 Å². The monoisotopic (exact) mass is 186 g/mol. The van der Waals surface area contributed by atoms with Gasteiger partial charge in [-0.15, -0.1) is 0 Å². The van der Waals surface area contributed by atoms with Gasteiger partial charge in [-0.2, -0.15) is 10.2 Å². The molecule has 2 aromatic heterocycles. The number of nitrogens with zero attached hydrogens (tertiary/aromatic N) is 3. The van der Waals surface area contributed by atoms with Crippen molar-refractivity contribution in [3.8, 4) is 0 Å². The predicted octanol–water partition coefficient (Wildman–Crippen LogP) is 1.48. The van der Waals surface area contributed by atoms with E-state index < -0.39 is 0 Å². The van der Waals surface area contributed by atoms with Crippen LogP contribution in [0.15, 0.2) is 42.9 Å². The third-order valence-corrected chi connectivity index (χ3v) is 1.78. The van der Waals surface area contributed by atoms with Gasteiger partial charge in [0, 0.05) is 24.3 Å².